The number of fused-ring (bicyclic) bond motifs is 6. The van der Waals surface area contributed by atoms with Gasteiger partial charge in [0.25, 0.3) is 0 Å². The molecule has 0 fully saturated rings. The standard InChI is InChI=1S/C46H39N/c1-46(2)40-20-12-11-17-35(40)38-26-27-39-43(36-18-9-10-19-37(36)44(39)45(38)46)33-23-21-30(22-24-33)34-25-28-41(31-13-5-3-6-14-31)47-42(29-34)32-15-7-4-8-16-32/h3-24,26-27,29,34,39,43-44H,25,28H2,1-2H3. The van der Waals surface area contributed by atoms with Crippen LogP contribution >= 0.6 is 0 Å². The van der Waals surface area contributed by atoms with Crippen molar-refractivity contribution in [1.82, 2.24) is 0 Å². The normalized spacial score (nSPS) is 23.6. The van der Waals surface area contributed by atoms with Crippen LogP contribution < -0.4 is 0 Å². The van der Waals surface area contributed by atoms with Crippen LogP contribution in [0, 0.1) is 5.92 Å². The lowest BCUT2D eigenvalue weighted by Crippen LogP contribution is -2.26. The lowest BCUT2D eigenvalue weighted by molar-refractivity contribution is 0.488. The Morgan fingerprint density at radius 3 is 1.98 bits per heavy atom. The average molecular weight is 606 g/mol. The minimum absolute atomic E-state index is 0.00836. The number of hydrogen-bond acceptors (Lipinski definition) is 1. The lowest BCUT2D eigenvalue weighted by atomic mass is 9.68. The minimum Gasteiger partial charge on any atom is -0.253 e. The maximum atomic E-state index is 5.26. The third-order valence-corrected chi connectivity index (χ3v) is 11.3. The van der Waals surface area contributed by atoms with Crippen LogP contribution in [-0.2, 0) is 5.41 Å². The van der Waals surface area contributed by atoms with Crippen LogP contribution in [0.1, 0.15) is 89.0 Å². The third kappa shape index (κ3) is 4.55. The van der Waals surface area contributed by atoms with E-state index in [1.54, 1.807) is 5.57 Å². The molecule has 0 amide bonds. The monoisotopic (exact) mass is 605 g/mol. The molecule has 1 heterocycles. The zero-order valence-electron chi connectivity index (χ0n) is 27.1. The summed E-state index contributed by atoms with van der Waals surface area (Å²) >= 11 is 0. The number of nitrogens with zero attached hydrogens (tertiary/aromatic N) is 1. The molecule has 5 aromatic carbocycles. The van der Waals surface area contributed by atoms with E-state index in [1.807, 2.05) is 0 Å². The van der Waals surface area contributed by atoms with Crippen LogP contribution in [0.4, 0.5) is 0 Å². The van der Waals surface area contributed by atoms with Crippen molar-refractivity contribution in [3.63, 3.8) is 0 Å². The molecule has 4 aliphatic rings. The molecule has 0 saturated carbocycles. The molecule has 0 radical (unpaired) electrons. The summed E-state index contributed by atoms with van der Waals surface area (Å²) in [5, 5.41) is 0. The SMILES string of the molecule is CC1(C)C2=C(C=CC3C2c2ccccc2C3c2ccc(C3C=C(c4ccccc4)N=C(c4ccccc4)CC3)cc2)c2ccccc21. The van der Waals surface area contributed by atoms with E-state index in [-0.39, 0.29) is 5.41 Å². The second-order valence-corrected chi connectivity index (χ2v) is 14.2. The van der Waals surface area contributed by atoms with E-state index in [9.17, 15) is 0 Å². The summed E-state index contributed by atoms with van der Waals surface area (Å²) in [6.45, 7) is 4.87. The second kappa shape index (κ2) is 11.1. The van der Waals surface area contributed by atoms with Crippen molar-refractivity contribution in [2.45, 2.75) is 49.9 Å². The Kier molecular flexibility index (Phi) is 6.64. The first kappa shape index (κ1) is 28.2. The number of benzene rings is 5. The van der Waals surface area contributed by atoms with E-state index in [0.717, 1.165) is 18.5 Å². The summed E-state index contributed by atoms with van der Waals surface area (Å²) in [5.41, 5.74) is 16.3. The van der Waals surface area contributed by atoms with Gasteiger partial charge < -0.3 is 0 Å². The molecule has 1 nitrogen and oxygen atoms in total. The van der Waals surface area contributed by atoms with E-state index in [2.05, 4.69) is 166 Å². The quantitative estimate of drug-likeness (QED) is 0.193. The molecule has 3 aliphatic carbocycles. The van der Waals surface area contributed by atoms with E-state index >= 15 is 0 Å². The van der Waals surface area contributed by atoms with Gasteiger partial charge in [-0.25, -0.2) is 0 Å². The third-order valence-electron chi connectivity index (χ3n) is 11.3. The largest absolute Gasteiger partial charge is 0.253 e. The van der Waals surface area contributed by atoms with Gasteiger partial charge in [-0.05, 0) is 74.4 Å². The molecule has 0 N–H and O–H groups in total. The Balaban J connectivity index is 1.06. The Morgan fingerprint density at radius 2 is 1.23 bits per heavy atom. The van der Waals surface area contributed by atoms with Crippen molar-refractivity contribution in [1.29, 1.82) is 0 Å². The van der Waals surface area contributed by atoms with Crippen LogP contribution in [0.3, 0.4) is 0 Å². The van der Waals surface area contributed by atoms with Crippen LogP contribution in [0.15, 0.2) is 162 Å². The fourth-order valence-electron chi connectivity index (χ4n) is 9.12. The summed E-state index contributed by atoms with van der Waals surface area (Å²) in [6, 6.07) is 49.3. The summed E-state index contributed by atoms with van der Waals surface area (Å²) in [6.07, 6.45) is 9.37. The van der Waals surface area contributed by atoms with Gasteiger partial charge in [0.15, 0.2) is 0 Å². The van der Waals surface area contributed by atoms with Crippen molar-refractivity contribution in [3.8, 4) is 0 Å². The van der Waals surface area contributed by atoms with Gasteiger partial charge in [-0.2, -0.15) is 0 Å². The highest BCUT2D eigenvalue weighted by Gasteiger charge is 2.50. The van der Waals surface area contributed by atoms with Crippen LogP contribution in [0.5, 0.6) is 0 Å². The Morgan fingerprint density at radius 1 is 0.617 bits per heavy atom. The average Bonchev–Trinajstić information content (AvgIpc) is 3.45. The molecule has 1 aliphatic heterocycles. The molecule has 5 aromatic rings. The van der Waals surface area contributed by atoms with Gasteiger partial charge in [0.1, 0.15) is 0 Å². The smallest absolute Gasteiger partial charge is 0.0671 e. The molecule has 0 spiro atoms. The molecule has 4 atom stereocenters. The van der Waals surface area contributed by atoms with Gasteiger partial charge in [0.05, 0.1) is 5.70 Å². The predicted molar refractivity (Wildman–Crippen MR) is 196 cm³/mol. The fourth-order valence-corrected chi connectivity index (χ4v) is 9.12. The van der Waals surface area contributed by atoms with Crippen molar-refractivity contribution in [3.05, 3.63) is 202 Å². The van der Waals surface area contributed by atoms with Crippen molar-refractivity contribution in [2.24, 2.45) is 10.9 Å². The van der Waals surface area contributed by atoms with Gasteiger partial charge in [-0.3, -0.25) is 4.99 Å². The highest BCUT2D eigenvalue weighted by Crippen LogP contribution is 2.63. The zero-order chi connectivity index (χ0) is 31.5. The maximum absolute atomic E-state index is 5.26. The van der Waals surface area contributed by atoms with Gasteiger partial charge in [0, 0.05) is 28.9 Å². The van der Waals surface area contributed by atoms with Crippen LogP contribution in [-0.4, -0.2) is 5.71 Å². The Bertz CT molecular complexity index is 2110. The zero-order valence-corrected chi connectivity index (χ0v) is 27.1. The first-order chi connectivity index (χ1) is 23.1. The van der Waals surface area contributed by atoms with Crippen LogP contribution in [0.25, 0.3) is 11.3 Å². The highest BCUT2D eigenvalue weighted by molar-refractivity contribution is 6.04. The molecule has 47 heavy (non-hydrogen) atoms. The Labute approximate surface area is 278 Å². The van der Waals surface area contributed by atoms with E-state index < -0.39 is 0 Å². The first-order valence-electron chi connectivity index (χ1n) is 17.2. The molecular formula is C46H39N. The summed E-state index contributed by atoms with van der Waals surface area (Å²) in [5.74, 6) is 1.44. The highest BCUT2D eigenvalue weighted by atomic mass is 14.8. The summed E-state index contributed by atoms with van der Waals surface area (Å²) in [7, 11) is 0. The number of hydrogen-bond donors (Lipinski definition) is 0. The number of rotatable bonds is 4. The number of aliphatic imine (C=N–C) groups is 1. The predicted octanol–water partition coefficient (Wildman–Crippen LogP) is 11.3. The van der Waals surface area contributed by atoms with Gasteiger partial charge in [-0.15, -0.1) is 0 Å². The minimum atomic E-state index is 0.00836. The molecule has 1 heteroatoms. The molecule has 228 valence electrons. The van der Waals surface area contributed by atoms with Crippen LogP contribution in [0.2, 0.25) is 0 Å². The lowest BCUT2D eigenvalue weighted by Gasteiger charge is -2.35. The molecular weight excluding hydrogens is 567 g/mol. The molecule has 0 saturated heterocycles. The van der Waals surface area contributed by atoms with Gasteiger partial charge >= 0.3 is 0 Å². The van der Waals surface area contributed by atoms with E-state index in [0.29, 0.717) is 23.7 Å². The fraction of sp³-hybridized carbons (Fsp3) is 0.196. The number of allylic oxidation sites excluding steroid dienone is 5. The summed E-state index contributed by atoms with van der Waals surface area (Å²) in [4.78, 5) is 5.26. The van der Waals surface area contributed by atoms with E-state index in [1.165, 1.54) is 55.8 Å². The van der Waals surface area contributed by atoms with Gasteiger partial charge in [-0.1, -0.05) is 166 Å². The summed E-state index contributed by atoms with van der Waals surface area (Å²) < 4.78 is 0. The Hall–Kier alpha value is -5.01. The van der Waals surface area contributed by atoms with Crippen molar-refractivity contribution >= 4 is 17.0 Å². The maximum Gasteiger partial charge on any atom is 0.0671 e. The van der Waals surface area contributed by atoms with Crippen molar-refractivity contribution in [2.75, 3.05) is 0 Å². The van der Waals surface area contributed by atoms with E-state index in [4.69, 9.17) is 4.99 Å². The topological polar surface area (TPSA) is 12.4 Å². The molecule has 9 rings (SSSR count). The van der Waals surface area contributed by atoms with Gasteiger partial charge in [0.2, 0.25) is 0 Å². The second-order valence-electron chi connectivity index (χ2n) is 14.2. The molecule has 0 aromatic heterocycles. The van der Waals surface area contributed by atoms with Crippen molar-refractivity contribution < 1.29 is 0 Å². The molecule has 4 unspecified atom stereocenters. The first-order valence-corrected chi connectivity index (χ1v) is 17.2. The molecule has 0 bridgehead atoms.